The van der Waals surface area contributed by atoms with Crippen LogP contribution in [0.25, 0.3) is 11.0 Å². The highest BCUT2D eigenvalue weighted by Crippen LogP contribution is 2.39. The Morgan fingerprint density at radius 3 is 3.00 bits per heavy atom. The van der Waals surface area contributed by atoms with Crippen LogP contribution in [0.4, 0.5) is 0 Å². The Labute approximate surface area is 94.3 Å². The quantitative estimate of drug-likeness (QED) is 0.766. The van der Waals surface area contributed by atoms with Crippen LogP contribution in [0.5, 0.6) is 0 Å². The van der Waals surface area contributed by atoms with Gasteiger partial charge >= 0.3 is 0 Å². The molecule has 0 saturated heterocycles. The molecule has 1 heterocycles. The maximum absolute atomic E-state index is 8.84. The summed E-state index contributed by atoms with van der Waals surface area (Å²) in [6, 6.07) is 8.95. The topological polar surface area (TPSA) is 41.6 Å². The Bertz CT molecular complexity index is 585. The van der Waals surface area contributed by atoms with Gasteiger partial charge in [-0.25, -0.2) is 4.98 Å². The summed E-state index contributed by atoms with van der Waals surface area (Å²) in [7, 11) is 0. The van der Waals surface area contributed by atoms with Crippen LogP contribution in [0.2, 0.25) is 0 Å². The molecule has 0 aliphatic heterocycles. The van der Waals surface area contributed by atoms with E-state index in [-0.39, 0.29) is 0 Å². The second-order valence-electron chi connectivity index (χ2n) is 4.41. The highest BCUT2D eigenvalue weighted by atomic mass is 15.1. The predicted molar refractivity (Wildman–Crippen MR) is 62.1 cm³/mol. The molecule has 3 nitrogen and oxygen atoms in total. The molecule has 16 heavy (non-hydrogen) atoms. The fourth-order valence-corrected chi connectivity index (χ4v) is 2.29. The van der Waals surface area contributed by atoms with E-state index in [1.165, 1.54) is 23.9 Å². The number of nitrogens with zero attached hydrogens (tertiary/aromatic N) is 3. The number of rotatable bonds is 2. The minimum atomic E-state index is 0.407. The smallest absolute Gasteiger partial charge is 0.124 e. The first-order valence-electron chi connectivity index (χ1n) is 5.64. The number of aryl methyl sites for hydroxylation is 1. The normalized spacial score (nSPS) is 15.2. The van der Waals surface area contributed by atoms with Crippen molar-refractivity contribution in [1.82, 2.24) is 9.55 Å². The third kappa shape index (κ3) is 1.30. The zero-order valence-electron chi connectivity index (χ0n) is 9.27. The van der Waals surface area contributed by atoms with Crippen molar-refractivity contribution in [2.45, 2.75) is 32.2 Å². The Balaban J connectivity index is 2.30. The average molecular weight is 211 g/mol. The number of aromatic nitrogens is 2. The van der Waals surface area contributed by atoms with Crippen molar-refractivity contribution in [3.05, 3.63) is 29.6 Å². The lowest BCUT2D eigenvalue weighted by Crippen LogP contribution is -2.01. The van der Waals surface area contributed by atoms with Crippen LogP contribution in [-0.4, -0.2) is 9.55 Å². The lowest BCUT2D eigenvalue weighted by Gasteiger charge is -2.06. The van der Waals surface area contributed by atoms with Gasteiger partial charge in [-0.2, -0.15) is 5.26 Å². The summed E-state index contributed by atoms with van der Waals surface area (Å²) in [6.07, 6.45) is 2.85. The molecule has 0 N–H and O–H groups in total. The highest BCUT2D eigenvalue weighted by molar-refractivity contribution is 5.80. The molecule has 0 amide bonds. The standard InChI is InChI=1S/C13H13N3/c1-9-3-2-4-11-13(9)16(10-5-6-10)12(15-11)7-8-14/h2-4,10H,5-7H2,1H3. The third-order valence-electron chi connectivity index (χ3n) is 3.13. The van der Waals surface area contributed by atoms with Crippen molar-refractivity contribution < 1.29 is 0 Å². The summed E-state index contributed by atoms with van der Waals surface area (Å²) >= 11 is 0. The zero-order valence-corrected chi connectivity index (χ0v) is 9.27. The molecule has 1 saturated carbocycles. The number of hydrogen-bond donors (Lipinski definition) is 0. The van der Waals surface area contributed by atoms with Gasteiger partial charge in [0.15, 0.2) is 0 Å². The lowest BCUT2D eigenvalue weighted by molar-refractivity contribution is 0.719. The molecule has 0 spiro atoms. The molecule has 2 aromatic rings. The summed E-state index contributed by atoms with van der Waals surface area (Å²) in [5, 5.41) is 8.84. The Morgan fingerprint density at radius 2 is 2.31 bits per heavy atom. The predicted octanol–water partition coefficient (Wildman–Crippen LogP) is 2.75. The first kappa shape index (κ1) is 9.41. The SMILES string of the molecule is Cc1cccc2nc(CC#N)n(C3CC3)c12. The molecule has 1 aromatic carbocycles. The van der Waals surface area contributed by atoms with Crippen molar-refractivity contribution >= 4 is 11.0 Å². The van der Waals surface area contributed by atoms with Gasteiger partial charge in [0.25, 0.3) is 0 Å². The van der Waals surface area contributed by atoms with Crippen molar-refractivity contribution in [2.24, 2.45) is 0 Å². The van der Waals surface area contributed by atoms with E-state index in [1.54, 1.807) is 0 Å². The molecule has 1 fully saturated rings. The molecule has 1 aliphatic carbocycles. The van der Waals surface area contributed by atoms with Gasteiger partial charge < -0.3 is 4.57 Å². The van der Waals surface area contributed by atoms with E-state index in [9.17, 15) is 0 Å². The summed E-state index contributed by atoms with van der Waals surface area (Å²) in [5.41, 5.74) is 3.49. The minimum absolute atomic E-state index is 0.407. The van der Waals surface area contributed by atoms with Crippen LogP contribution >= 0.6 is 0 Å². The van der Waals surface area contributed by atoms with Gasteiger partial charge in [-0.05, 0) is 31.4 Å². The van der Waals surface area contributed by atoms with Crippen LogP contribution in [0.15, 0.2) is 18.2 Å². The summed E-state index contributed by atoms with van der Waals surface area (Å²) in [4.78, 5) is 4.56. The fraction of sp³-hybridized carbons (Fsp3) is 0.385. The second kappa shape index (κ2) is 3.34. The van der Waals surface area contributed by atoms with Crippen molar-refractivity contribution in [2.75, 3.05) is 0 Å². The first-order valence-corrected chi connectivity index (χ1v) is 5.64. The lowest BCUT2D eigenvalue weighted by atomic mass is 10.2. The molecule has 0 unspecified atom stereocenters. The van der Waals surface area contributed by atoms with Crippen LogP contribution < -0.4 is 0 Å². The van der Waals surface area contributed by atoms with Gasteiger partial charge in [0, 0.05) is 6.04 Å². The molecular formula is C13H13N3. The van der Waals surface area contributed by atoms with E-state index < -0.39 is 0 Å². The van der Waals surface area contributed by atoms with Crippen molar-refractivity contribution in [3.8, 4) is 6.07 Å². The van der Waals surface area contributed by atoms with Crippen LogP contribution in [0.1, 0.15) is 30.3 Å². The minimum Gasteiger partial charge on any atom is -0.324 e. The number of benzene rings is 1. The van der Waals surface area contributed by atoms with Gasteiger partial charge in [0.1, 0.15) is 5.82 Å². The molecule has 0 atom stereocenters. The third-order valence-corrected chi connectivity index (χ3v) is 3.13. The van der Waals surface area contributed by atoms with Crippen LogP contribution in [0.3, 0.4) is 0 Å². The largest absolute Gasteiger partial charge is 0.324 e. The molecule has 3 heteroatoms. The van der Waals surface area contributed by atoms with E-state index in [2.05, 4.69) is 28.6 Å². The van der Waals surface area contributed by atoms with Crippen molar-refractivity contribution in [3.63, 3.8) is 0 Å². The maximum atomic E-state index is 8.84. The Hall–Kier alpha value is -1.82. The maximum Gasteiger partial charge on any atom is 0.124 e. The molecule has 80 valence electrons. The molecule has 0 radical (unpaired) electrons. The van der Waals surface area contributed by atoms with E-state index in [0.29, 0.717) is 12.5 Å². The van der Waals surface area contributed by atoms with Crippen LogP contribution in [0, 0.1) is 18.3 Å². The Kier molecular flexibility index (Phi) is 1.97. The van der Waals surface area contributed by atoms with Gasteiger partial charge in [-0.15, -0.1) is 0 Å². The van der Waals surface area contributed by atoms with Gasteiger partial charge in [0.2, 0.25) is 0 Å². The second-order valence-corrected chi connectivity index (χ2v) is 4.41. The van der Waals surface area contributed by atoms with E-state index in [0.717, 1.165) is 11.3 Å². The van der Waals surface area contributed by atoms with Gasteiger partial charge in [-0.3, -0.25) is 0 Å². The van der Waals surface area contributed by atoms with Gasteiger partial charge in [-0.1, -0.05) is 12.1 Å². The highest BCUT2D eigenvalue weighted by Gasteiger charge is 2.28. The summed E-state index contributed by atoms with van der Waals surface area (Å²) < 4.78 is 2.27. The summed E-state index contributed by atoms with van der Waals surface area (Å²) in [5.74, 6) is 0.925. The first-order chi connectivity index (χ1) is 7.81. The average Bonchev–Trinajstić information content (AvgIpc) is 3.02. The zero-order chi connectivity index (χ0) is 11.1. The fourth-order valence-electron chi connectivity index (χ4n) is 2.29. The Morgan fingerprint density at radius 1 is 1.50 bits per heavy atom. The molecular weight excluding hydrogens is 198 g/mol. The van der Waals surface area contributed by atoms with Crippen LogP contribution in [-0.2, 0) is 6.42 Å². The number of hydrogen-bond acceptors (Lipinski definition) is 2. The van der Waals surface area contributed by atoms with E-state index >= 15 is 0 Å². The number of nitriles is 1. The summed E-state index contributed by atoms with van der Waals surface area (Å²) in [6.45, 7) is 2.11. The molecule has 1 aromatic heterocycles. The number of para-hydroxylation sites is 1. The van der Waals surface area contributed by atoms with Gasteiger partial charge in [0.05, 0.1) is 23.5 Å². The number of imidazole rings is 1. The van der Waals surface area contributed by atoms with E-state index in [4.69, 9.17) is 5.26 Å². The molecule has 0 bridgehead atoms. The van der Waals surface area contributed by atoms with Crippen molar-refractivity contribution in [1.29, 1.82) is 5.26 Å². The molecule has 3 rings (SSSR count). The monoisotopic (exact) mass is 211 g/mol. The number of fused-ring (bicyclic) bond motifs is 1. The molecule has 1 aliphatic rings. The van der Waals surface area contributed by atoms with E-state index in [1.807, 2.05) is 12.1 Å².